The van der Waals surface area contributed by atoms with Gasteiger partial charge in [-0.2, -0.15) is 0 Å². The van der Waals surface area contributed by atoms with Gasteiger partial charge >= 0.3 is 0 Å². The molecule has 8 nitrogen and oxygen atoms in total. The van der Waals surface area contributed by atoms with Gasteiger partial charge in [-0.25, -0.2) is 4.99 Å². The van der Waals surface area contributed by atoms with Crippen LogP contribution >= 0.6 is 39.3 Å². The van der Waals surface area contributed by atoms with Crippen LogP contribution in [-0.2, 0) is 9.59 Å². The van der Waals surface area contributed by atoms with Gasteiger partial charge in [0.05, 0.1) is 35.5 Å². The first-order chi connectivity index (χ1) is 18.8. The van der Waals surface area contributed by atoms with Crippen LogP contribution in [0, 0.1) is 0 Å². The lowest BCUT2D eigenvalue weighted by molar-refractivity contribution is -0.122. The minimum absolute atomic E-state index is 0.142. The van der Waals surface area contributed by atoms with Crippen molar-refractivity contribution in [1.29, 1.82) is 0 Å². The fraction of sp³-hybridized carbons (Fsp3) is 0.179. The number of thioether (sulfide) groups is 1. The number of nitrogens with zero attached hydrogens (tertiary/aromatic N) is 2. The highest BCUT2D eigenvalue weighted by Gasteiger charge is 2.32. The zero-order valence-electron chi connectivity index (χ0n) is 21.4. The van der Waals surface area contributed by atoms with E-state index in [1.807, 2.05) is 25.1 Å². The van der Waals surface area contributed by atoms with Gasteiger partial charge in [0, 0.05) is 11.0 Å². The van der Waals surface area contributed by atoms with Crippen molar-refractivity contribution < 1.29 is 23.8 Å². The first kappa shape index (κ1) is 28.5. The Kier molecular flexibility index (Phi) is 9.55. The lowest BCUT2D eigenvalue weighted by atomic mass is 10.2. The summed E-state index contributed by atoms with van der Waals surface area (Å²) in [6, 6.07) is 17.7. The predicted octanol–water partition coefficient (Wildman–Crippen LogP) is 6.76. The van der Waals surface area contributed by atoms with Gasteiger partial charge in [0.25, 0.3) is 11.8 Å². The summed E-state index contributed by atoms with van der Waals surface area (Å²) in [5.41, 5.74) is 1.93. The first-order valence-electron chi connectivity index (χ1n) is 11.8. The molecule has 1 fully saturated rings. The molecule has 0 atom stereocenters. The molecule has 1 heterocycles. The molecule has 39 heavy (non-hydrogen) atoms. The number of carbonyl (C=O) groups is 2. The Labute approximate surface area is 244 Å². The number of para-hydroxylation sites is 2. The molecule has 3 aromatic carbocycles. The second kappa shape index (κ2) is 13.1. The lowest BCUT2D eigenvalue weighted by Crippen LogP contribution is -2.28. The number of ether oxygens (including phenoxy) is 3. The highest BCUT2D eigenvalue weighted by Crippen LogP contribution is 2.36. The average molecular weight is 631 g/mol. The largest absolute Gasteiger partial charge is 0.495 e. The number of amides is 2. The Morgan fingerprint density at radius 3 is 2.56 bits per heavy atom. The Morgan fingerprint density at radius 1 is 1.08 bits per heavy atom. The molecule has 1 aliphatic heterocycles. The summed E-state index contributed by atoms with van der Waals surface area (Å²) in [4.78, 5) is 32.3. The van der Waals surface area contributed by atoms with Crippen LogP contribution in [0.2, 0.25) is 5.02 Å². The minimum Gasteiger partial charge on any atom is -0.495 e. The highest BCUT2D eigenvalue weighted by molar-refractivity contribution is 9.10. The summed E-state index contributed by atoms with van der Waals surface area (Å²) in [5, 5.41) is 3.87. The number of anilines is 1. The van der Waals surface area contributed by atoms with Crippen molar-refractivity contribution in [3.63, 3.8) is 0 Å². The third-order valence-corrected chi connectivity index (χ3v) is 7.80. The van der Waals surface area contributed by atoms with Crippen molar-refractivity contribution in [3.8, 4) is 17.2 Å². The van der Waals surface area contributed by atoms with E-state index in [4.69, 9.17) is 25.8 Å². The van der Waals surface area contributed by atoms with E-state index in [2.05, 4.69) is 26.2 Å². The van der Waals surface area contributed by atoms with Crippen molar-refractivity contribution in [2.75, 3.05) is 32.7 Å². The first-order valence-corrected chi connectivity index (χ1v) is 13.8. The topological polar surface area (TPSA) is 89.5 Å². The molecule has 2 amide bonds. The maximum Gasteiger partial charge on any atom is 0.266 e. The van der Waals surface area contributed by atoms with Gasteiger partial charge in [0.15, 0.2) is 23.3 Å². The van der Waals surface area contributed by atoms with E-state index >= 15 is 0 Å². The molecule has 0 bridgehead atoms. The van der Waals surface area contributed by atoms with Gasteiger partial charge in [-0.15, -0.1) is 0 Å². The normalized spacial score (nSPS) is 15.1. The Morgan fingerprint density at radius 2 is 1.85 bits per heavy atom. The third kappa shape index (κ3) is 6.95. The quantitative estimate of drug-likeness (QED) is 0.263. The summed E-state index contributed by atoms with van der Waals surface area (Å²) >= 11 is 10.9. The summed E-state index contributed by atoms with van der Waals surface area (Å²) in [5.74, 6) is 0.882. The number of methoxy groups -OCH3 is 2. The van der Waals surface area contributed by atoms with Crippen LogP contribution in [0.3, 0.4) is 0 Å². The molecule has 1 saturated heterocycles. The highest BCUT2D eigenvalue weighted by atomic mass is 79.9. The SMILES string of the molecule is CCN1C(=O)C(=Cc2ccc(OCC(=O)Nc3ccccc3OC)c(OC)c2)SC1=Nc1ccc(Br)c(Cl)c1. The second-order valence-corrected chi connectivity index (χ2v) is 10.4. The number of carbonyl (C=O) groups excluding carboxylic acids is 2. The molecular weight excluding hydrogens is 606 g/mol. The van der Waals surface area contributed by atoms with Crippen LogP contribution in [0.1, 0.15) is 12.5 Å². The van der Waals surface area contributed by atoms with Crippen LogP contribution in [-0.4, -0.2) is 49.3 Å². The molecule has 0 saturated carbocycles. The average Bonchev–Trinajstić information content (AvgIpc) is 3.23. The van der Waals surface area contributed by atoms with Crippen molar-refractivity contribution in [3.05, 3.63) is 80.6 Å². The molecule has 1 N–H and O–H groups in total. The fourth-order valence-electron chi connectivity index (χ4n) is 3.66. The molecule has 11 heteroatoms. The lowest BCUT2D eigenvalue weighted by Gasteiger charge is -2.13. The van der Waals surface area contributed by atoms with Crippen molar-refractivity contribution >= 4 is 73.7 Å². The van der Waals surface area contributed by atoms with Crippen molar-refractivity contribution in [2.24, 2.45) is 4.99 Å². The number of likely N-dealkylation sites (N-methyl/N-ethyl adjacent to an activating group) is 1. The molecule has 0 radical (unpaired) electrons. The smallest absolute Gasteiger partial charge is 0.266 e. The van der Waals surface area contributed by atoms with Gasteiger partial charge < -0.3 is 19.5 Å². The maximum absolute atomic E-state index is 13.1. The molecule has 0 aliphatic carbocycles. The molecule has 0 spiro atoms. The molecule has 4 rings (SSSR count). The summed E-state index contributed by atoms with van der Waals surface area (Å²) in [6.07, 6.45) is 1.77. The van der Waals surface area contributed by atoms with E-state index in [0.717, 1.165) is 10.0 Å². The van der Waals surface area contributed by atoms with E-state index in [-0.39, 0.29) is 18.4 Å². The maximum atomic E-state index is 13.1. The molecular formula is C28H25BrClN3O5S. The fourth-order valence-corrected chi connectivity index (χ4v) is 5.14. The monoisotopic (exact) mass is 629 g/mol. The van der Waals surface area contributed by atoms with Gasteiger partial charge in [-0.05, 0) is 88.7 Å². The number of nitrogens with one attached hydrogen (secondary N) is 1. The van der Waals surface area contributed by atoms with E-state index in [1.165, 1.54) is 26.0 Å². The van der Waals surface area contributed by atoms with Gasteiger partial charge in [0.1, 0.15) is 5.75 Å². The van der Waals surface area contributed by atoms with Crippen molar-refractivity contribution in [2.45, 2.75) is 6.92 Å². The third-order valence-electron chi connectivity index (χ3n) is 5.56. The molecule has 0 aromatic heterocycles. The van der Waals surface area contributed by atoms with Crippen LogP contribution in [0.5, 0.6) is 17.2 Å². The van der Waals surface area contributed by atoms with E-state index in [9.17, 15) is 9.59 Å². The standard InChI is InChI=1S/C28H25BrClN3O5S/c1-4-33-27(35)25(39-28(33)31-18-10-11-19(29)20(30)15-18)14-17-9-12-23(24(13-17)37-3)38-16-26(34)32-21-7-5-6-8-22(21)36-2/h5-15H,4,16H2,1-3H3,(H,32,34). The van der Waals surface area contributed by atoms with Crippen molar-refractivity contribution in [1.82, 2.24) is 4.90 Å². The summed E-state index contributed by atoms with van der Waals surface area (Å²) in [7, 11) is 3.04. The summed E-state index contributed by atoms with van der Waals surface area (Å²) < 4.78 is 17.2. The Balaban J connectivity index is 1.48. The number of benzene rings is 3. The minimum atomic E-state index is -0.348. The number of hydrogen-bond acceptors (Lipinski definition) is 7. The number of halogens is 2. The van der Waals surface area contributed by atoms with Crippen LogP contribution < -0.4 is 19.5 Å². The second-order valence-electron chi connectivity index (χ2n) is 8.10. The van der Waals surface area contributed by atoms with Crippen LogP contribution in [0.15, 0.2) is 75.0 Å². The summed E-state index contributed by atoms with van der Waals surface area (Å²) in [6.45, 7) is 2.14. The van der Waals surface area contributed by atoms with Gasteiger partial charge in [-0.1, -0.05) is 29.8 Å². The van der Waals surface area contributed by atoms with Gasteiger partial charge in [-0.3, -0.25) is 14.5 Å². The number of rotatable bonds is 9. The number of aliphatic imine (C=N–C) groups is 1. The number of hydrogen-bond donors (Lipinski definition) is 1. The van der Waals surface area contributed by atoms with Crippen LogP contribution in [0.25, 0.3) is 6.08 Å². The van der Waals surface area contributed by atoms with E-state index < -0.39 is 0 Å². The van der Waals surface area contributed by atoms with E-state index in [0.29, 0.717) is 50.3 Å². The molecule has 202 valence electrons. The zero-order valence-corrected chi connectivity index (χ0v) is 24.5. The molecule has 1 aliphatic rings. The number of amidine groups is 1. The predicted molar refractivity (Wildman–Crippen MR) is 159 cm³/mol. The van der Waals surface area contributed by atoms with Crippen LogP contribution in [0.4, 0.5) is 11.4 Å². The van der Waals surface area contributed by atoms with E-state index in [1.54, 1.807) is 53.4 Å². The molecule has 3 aromatic rings. The Hall–Kier alpha value is -3.47. The zero-order chi connectivity index (χ0) is 27.9. The molecule has 0 unspecified atom stereocenters. The van der Waals surface area contributed by atoms with Gasteiger partial charge in [0.2, 0.25) is 0 Å². The Bertz CT molecular complexity index is 1460.